The highest BCUT2D eigenvalue weighted by molar-refractivity contribution is 6.43. The highest BCUT2D eigenvalue weighted by Gasteiger charge is 2.06. The molecule has 0 radical (unpaired) electrons. The summed E-state index contributed by atoms with van der Waals surface area (Å²) in [6.45, 7) is 4.00. The van der Waals surface area contributed by atoms with Crippen LogP contribution in [0.2, 0.25) is 0 Å². The van der Waals surface area contributed by atoms with Gasteiger partial charge in [0.15, 0.2) is 0 Å². The lowest BCUT2D eigenvalue weighted by molar-refractivity contribution is -0.112. The average molecular weight is 208 g/mol. The van der Waals surface area contributed by atoms with E-state index in [-0.39, 0.29) is 5.71 Å². The van der Waals surface area contributed by atoms with Gasteiger partial charge in [-0.1, -0.05) is 13.8 Å². The molecule has 0 atom stereocenters. The van der Waals surface area contributed by atoms with Crippen molar-refractivity contribution in [1.82, 2.24) is 0 Å². The summed E-state index contributed by atoms with van der Waals surface area (Å²) in [5.41, 5.74) is 5.25. The Balaban J connectivity index is 0.000000921. The van der Waals surface area contributed by atoms with Gasteiger partial charge in [-0.15, -0.1) is 0 Å². The van der Waals surface area contributed by atoms with Gasteiger partial charge in [0.2, 0.25) is 0 Å². The molecule has 0 fully saturated rings. The number of benzene rings is 1. The predicted octanol–water partition coefficient (Wildman–Crippen LogP) is 1.57. The molecule has 0 heterocycles. The number of methoxy groups -OCH3 is 1. The quantitative estimate of drug-likeness (QED) is 0.740. The highest BCUT2D eigenvalue weighted by Crippen LogP contribution is 2.11. The third kappa shape index (κ3) is 3.81. The van der Waals surface area contributed by atoms with Crippen LogP contribution in [-0.4, -0.2) is 18.7 Å². The van der Waals surface area contributed by atoms with E-state index in [1.807, 2.05) is 13.8 Å². The maximum Gasteiger partial charge on any atom is 0.267 e. The van der Waals surface area contributed by atoms with Crippen molar-refractivity contribution in [2.75, 3.05) is 7.11 Å². The summed E-state index contributed by atoms with van der Waals surface area (Å²) in [6.07, 6.45) is 0. The number of nitrogens with one attached hydrogen (secondary N) is 1. The molecule has 0 aliphatic rings. The van der Waals surface area contributed by atoms with Gasteiger partial charge in [-0.05, 0) is 24.3 Å². The Bertz CT molecular complexity index is 331. The van der Waals surface area contributed by atoms with Crippen LogP contribution in [0, 0.1) is 5.41 Å². The third-order valence-corrected chi connectivity index (χ3v) is 1.63. The molecule has 0 unspecified atom stereocenters. The Hall–Kier alpha value is -1.84. The minimum absolute atomic E-state index is 0.192. The van der Waals surface area contributed by atoms with Gasteiger partial charge in [-0.25, -0.2) is 0 Å². The molecular formula is C11H16N2O2. The van der Waals surface area contributed by atoms with E-state index in [2.05, 4.69) is 0 Å². The molecule has 4 heteroatoms. The first kappa shape index (κ1) is 13.2. The maximum atomic E-state index is 10.6. The van der Waals surface area contributed by atoms with Crippen molar-refractivity contribution < 1.29 is 9.53 Å². The number of carbonyl (C=O) groups is 1. The van der Waals surface area contributed by atoms with E-state index in [0.717, 1.165) is 0 Å². The SMILES string of the molecule is CC.COc1ccc(C(=N)C(N)=O)cc1. The fraction of sp³-hybridized carbons (Fsp3) is 0.273. The van der Waals surface area contributed by atoms with E-state index in [1.54, 1.807) is 31.4 Å². The van der Waals surface area contributed by atoms with E-state index < -0.39 is 5.91 Å². The molecule has 0 bridgehead atoms. The molecule has 82 valence electrons. The van der Waals surface area contributed by atoms with Gasteiger partial charge in [0, 0.05) is 5.56 Å². The molecule has 1 aromatic carbocycles. The molecule has 1 aromatic rings. The average Bonchev–Trinajstić information content (AvgIpc) is 2.31. The van der Waals surface area contributed by atoms with Crippen molar-refractivity contribution in [1.29, 1.82) is 5.41 Å². The van der Waals surface area contributed by atoms with Crippen LogP contribution in [-0.2, 0) is 4.79 Å². The smallest absolute Gasteiger partial charge is 0.267 e. The van der Waals surface area contributed by atoms with Crippen LogP contribution in [0.3, 0.4) is 0 Å². The molecular weight excluding hydrogens is 192 g/mol. The molecule has 15 heavy (non-hydrogen) atoms. The zero-order valence-corrected chi connectivity index (χ0v) is 9.20. The van der Waals surface area contributed by atoms with E-state index in [9.17, 15) is 4.79 Å². The van der Waals surface area contributed by atoms with Crippen LogP contribution in [0.5, 0.6) is 5.75 Å². The zero-order valence-electron chi connectivity index (χ0n) is 9.20. The zero-order chi connectivity index (χ0) is 11.8. The second kappa shape index (κ2) is 6.59. The fourth-order valence-electron chi connectivity index (χ4n) is 0.900. The number of hydrogen-bond donors (Lipinski definition) is 2. The fourth-order valence-corrected chi connectivity index (χ4v) is 0.900. The number of carbonyl (C=O) groups excluding carboxylic acids is 1. The van der Waals surface area contributed by atoms with Crippen molar-refractivity contribution in [2.24, 2.45) is 5.73 Å². The van der Waals surface area contributed by atoms with Gasteiger partial charge in [-0.2, -0.15) is 0 Å². The molecule has 1 amide bonds. The summed E-state index contributed by atoms with van der Waals surface area (Å²) in [5.74, 6) is -0.0498. The number of amides is 1. The van der Waals surface area contributed by atoms with Crippen molar-refractivity contribution >= 4 is 11.6 Å². The molecule has 0 saturated carbocycles. The largest absolute Gasteiger partial charge is 0.497 e. The summed E-state index contributed by atoms with van der Waals surface area (Å²) >= 11 is 0. The summed E-state index contributed by atoms with van der Waals surface area (Å²) in [5, 5.41) is 7.30. The van der Waals surface area contributed by atoms with Crippen LogP contribution in [0.25, 0.3) is 0 Å². The highest BCUT2D eigenvalue weighted by atomic mass is 16.5. The van der Waals surface area contributed by atoms with Crippen LogP contribution in [0.15, 0.2) is 24.3 Å². The van der Waals surface area contributed by atoms with Crippen molar-refractivity contribution in [3.63, 3.8) is 0 Å². The number of primary amides is 1. The van der Waals surface area contributed by atoms with E-state index in [0.29, 0.717) is 11.3 Å². The second-order valence-electron chi connectivity index (χ2n) is 2.47. The topological polar surface area (TPSA) is 76.2 Å². The van der Waals surface area contributed by atoms with Crippen LogP contribution in [0.4, 0.5) is 0 Å². The van der Waals surface area contributed by atoms with Gasteiger partial charge in [0.05, 0.1) is 7.11 Å². The summed E-state index contributed by atoms with van der Waals surface area (Å²) in [4.78, 5) is 10.6. The molecule has 3 N–H and O–H groups in total. The van der Waals surface area contributed by atoms with Gasteiger partial charge in [-0.3, -0.25) is 10.2 Å². The molecule has 0 aromatic heterocycles. The number of ether oxygens (including phenoxy) is 1. The molecule has 0 spiro atoms. The predicted molar refractivity (Wildman–Crippen MR) is 60.4 cm³/mol. The lowest BCUT2D eigenvalue weighted by Crippen LogP contribution is -2.22. The van der Waals surface area contributed by atoms with Crippen LogP contribution >= 0.6 is 0 Å². The summed E-state index contributed by atoms with van der Waals surface area (Å²) < 4.78 is 4.92. The van der Waals surface area contributed by atoms with Gasteiger partial charge in [0.25, 0.3) is 5.91 Å². The Morgan fingerprint density at radius 3 is 2.07 bits per heavy atom. The van der Waals surface area contributed by atoms with E-state index in [1.165, 1.54) is 0 Å². The Morgan fingerprint density at radius 1 is 1.27 bits per heavy atom. The standard InChI is InChI=1S/C9H10N2O2.C2H6/c1-13-7-4-2-6(3-5-7)8(10)9(11)12;1-2/h2-5,10H,1H3,(H2,11,12);1-2H3. The second-order valence-corrected chi connectivity index (χ2v) is 2.47. The number of rotatable bonds is 3. The van der Waals surface area contributed by atoms with Crippen molar-refractivity contribution in [2.45, 2.75) is 13.8 Å². The first-order chi connectivity index (χ1) is 7.15. The first-order valence-corrected chi connectivity index (χ1v) is 4.68. The maximum absolute atomic E-state index is 10.6. The Morgan fingerprint density at radius 2 is 1.73 bits per heavy atom. The summed E-state index contributed by atoms with van der Waals surface area (Å²) in [7, 11) is 1.55. The lowest BCUT2D eigenvalue weighted by atomic mass is 10.1. The minimum atomic E-state index is -0.731. The van der Waals surface area contributed by atoms with Crippen molar-refractivity contribution in [3.05, 3.63) is 29.8 Å². The number of nitrogens with two attached hydrogens (primary N) is 1. The normalized spacial score (nSPS) is 8.47. The van der Waals surface area contributed by atoms with Gasteiger partial charge < -0.3 is 10.5 Å². The molecule has 0 aliphatic heterocycles. The molecule has 1 rings (SSSR count). The molecule has 4 nitrogen and oxygen atoms in total. The van der Waals surface area contributed by atoms with Crippen LogP contribution < -0.4 is 10.5 Å². The van der Waals surface area contributed by atoms with E-state index >= 15 is 0 Å². The number of hydrogen-bond acceptors (Lipinski definition) is 3. The van der Waals surface area contributed by atoms with Gasteiger partial charge >= 0.3 is 0 Å². The van der Waals surface area contributed by atoms with Crippen LogP contribution in [0.1, 0.15) is 19.4 Å². The Labute approximate surface area is 89.6 Å². The molecule has 0 aliphatic carbocycles. The third-order valence-electron chi connectivity index (χ3n) is 1.63. The Kier molecular flexibility index (Phi) is 5.78. The summed E-state index contributed by atoms with van der Waals surface area (Å²) in [6, 6.07) is 6.58. The first-order valence-electron chi connectivity index (χ1n) is 4.68. The molecule has 0 saturated heterocycles. The van der Waals surface area contributed by atoms with Gasteiger partial charge in [0.1, 0.15) is 11.5 Å². The lowest BCUT2D eigenvalue weighted by Gasteiger charge is -2.01. The minimum Gasteiger partial charge on any atom is -0.497 e. The van der Waals surface area contributed by atoms with E-state index in [4.69, 9.17) is 15.9 Å². The van der Waals surface area contributed by atoms with Crippen molar-refractivity contribution in [3.8, 4) is 5.75 Å². The monoisotopic (exact) mass is 208 g/mol.